The first-order chi connectivity index (χ1) is 22.8. The summed E-state index contributed by atoms with van der Waals surface area (Å²) in [6, 6.07) is 49.9. The minimum atomic E-state index is 0.896. The van der Waals surface area contributed by atoms with E-state index in [0.717, 1.165) is 55.1 Å². The van der Waals surface area contributed by atoms with Gasteiger partial charge in [0.2, 0.25) is 0 Å². The number of rotatable bonds is 3. The first-order valence-corrected chi connectivity index (χ1v) is 15.6. The van der Waals surface area contributed by atoms with Crippen LogP contribution in [-0.4, -0.2) is 15.0 Å². The molecule has 6 aromatic carbocycles. The van der Waals surface area contributed by atoms with Crippen LogP contribution < -0.4 is 0 Å². The Morgan fingerprint density at radius 1 is 0.348 bits per heavy atom. The van der Waals surface area contributed by atoms with Gasteiger partial charge in [-0.3, -0.25) is 4.98 Å². The van der Waals surface area contributed by atoms with E-state index in [1.165, 1.54) is 44.2 Å². The zero-order chi connectivity index (χ0) is 30.2. The number of fused-ring (bicyclic) bond motifs is 7. The Morgan fingerprint density at radius 3 is 1.85 bits per heavy atom. The second kappa shape index (κ2) is 9.65. The minimum absolute atomic E-state index is 0.896. The van der Waals surface area contributed by atoms with Crippen molar-refractivity contribution in [3.8, 4) is 55.9 Å². The number of aromatic nitrogens is 3. The molecule has 212 valence electrons. The van der Waals surface area contributed by atoms with Crippen molar-refractivity contribution in [3.05, 3.63) is 152 Å². The summed E-state index contributed by atoms with van der Waals surface area (Å²) in [5, 5.41) is 7.02. The molecule has 0 bridgehead atoms. The number of pyridine rings is 3. The summed E-state index contributed by atoms with van der Waals surface area (Å²) in [6.45, 7) is 0. The van der Waals surface area contributed by atoms with Gasteiger partial charge in [-0.2, -0.15) is 0 Å². The molecular formula is C43H25N3. The lowest BCUT2D eigenvalue weighted by molar-refractivity contribution is 1.33. The molecule has 9 aromatic rings. The summed E-state index contributed by atoms with van der Waals surface area (Å²) >= 11 is 0. The molecule has 3 aromatic heterocycles. The van der Waals surface area contributed by atoms with E-state index >= 15 is 0 Å². The molecule has 0 spiro atoms. The zero-order valence-electron chi connectivity index (χ0n) is 24.8. The van der Waals surface area contributed by atoms with Gasteiger partial charge in [-0.15, -0.1) is 0 Å². The van der Waals surface area contributed by atoms with Gasteiger partial charge in [-0.1, -0.05) is 115 Å². The minimum Gasteiger partial charge on any atom is -0.263 e. The average Bonchev–Trinajstić information content (AvgIpc) is 3.45. The Kier molecular flexibility index (Phi) is 5.28. The number of hydrogen-bond acceptors (Lipinski definition) is 3. The van der Waals surface area contributed by atoms with E-state index in [1.54, 1.807) is 0 Å². The summed E-state index contributed by atoms with van der Waals surface area (Å²) in [5.41, 5.74) is 13.3. The molecule has 1 aliphatic carbocycles. The molecule has 0 radical (unpaired) electrons. The van der Waals surface area contributed by atoms with Crippen LogP contribution in [0.1, 0.15) is 0 Å². The normalized spacial score (nSPS) is 11.9. The monoisotopic (exact) mass is 583 g/mol. The molecule has 0 N–H and O–H groups in total. The highest BCUT2D eigenvalue weighted by atomic mass is 14.8. The molecular weight excluding hydrogens is 558 g/mol. The van der Waals surface area contributed by atoms with Crippen LogP contribution in [0.25, 0.3) is 99.2 Å². The van der Waals surface area contributed by atoms with Gasteiger partial charge in [-0.25, -0.2) is 9.97 Å². The molecule has 46 heavy (non-hydrogen) atoms. The summed E-state index contributed by atoms with van der Waals surface area (Å²) in [7, 11) is 0. The van der Waals surface area contributed by atoms with Gasteiger partial charge < -0.3 is 0 Å². The van der Waals surface area contributed by atoms with Crippen LogP contribution in [-0.2, 0) is 0 Å². The van der Waals surface area contributed by atoms with Crippen LogP contribution >= 0.6 is 0 Å². The lowest BCUT2D eigenvalue weighted by atomic mass is 9.96. The van der Waals surface area contributed by atoms with Crippen LogP contribution in [0.5, 0.6) is 0 Å². The Labute approximate surface area is 265 Å². The number of nitrogens with zero attached hydrogens (tertiary/aromatic N) is 3. The number of hydrogen-bond donors (Lipinski definition) is 0. The van der Waals surface area contributed by atoms with Crippen molar-refractivity contribution in [3.63, 3.8) is 0 Å². The van der Waals surface area contributed by atoms with Gasteiger partial charge in [0.15, 0.2) is 0 Å². The predicted molar refractivity (Wildman–Crippen MR) is 191 cm³/mol. The van der Waals surface area contributed by atoms with E-state index in [0.29, 0.717) is 0 Å². The summed E-state index contributed by atoms with van der Waals surface area (Å²) in [5.74, 6) is 0. The van der Waals surface area contributed by atoms with Gasteiger partial charge in [0, 0.05) is 39.7 Å². The smallest absolute Gasteiger partial charge is 0.0972 e. The fourth-order valence-corrected chi connectivity index (χ4v) is 7.23. The second-order valence-electron chi connectivity index (χ2n) is 12.1. The van der Waals surface area contributed by atoms with Crippen LogP contribution in [0.15, 0.2) is 152 Å². The van der Waals surface area contributed by atoms with Crippen molar-refractivity contribution in [1.29, 1.82) is 0 Å². The highest BCUT2D eigenvalue weighted by Crippen LogP contribution is 2.48. The van der Waals surface area contributed by atoms with Crippen LogP contribution in [0.4, 0.5) is 0 Å². The molecule has 0 saturated carbocycles. The van der Waals surface area contributed by atoms with Gasteiger partial charge >= 0.3 is 0 Å². The van der Waals surface area contributed by atoms with Crippen LogP contribution in [0.2, 0.25) is 0 Å². The second-order valence-corrected chi connectivity index (χ2v) is 12.1. The first-order valence-electron chi connectivity index (χ1n) is 15.6. The van der Waals surface area contributed by atoms with Crippen molar-refractivity contribution in [2.45, 2.75) is 0 Å². The van der Waals surface area contributed by atoms with Crippen molar-refractivity contribution >= 4 is 43.4 Å². The Bertz CT molecular complexity index is 2700. The van der Waals surface area contributed by atoms with Gasteiger partial charge in [0.25, 0.3) is 0 Å². The summed E-state index contributed by atoms with van der Waals surface area (Å²) in [4.78, 5) is 14.9. The first kappa shape index (κ1) is 25.2. The number of benzene rings is 6. The topological polar surface area (TPSA) is 38.7 Å². The molecule has 3 heteroatoms. The molecule has 3 heterocycles. The van der Waals surface area contributed by atoms with Crippen LogP contribution in [0.3, 0.4) is 0 Å². The maximum atomic E-state index is 5.24. The molecule has 0 amide bonds. The summed E-state index contributed by atoms with van der Waals surface area (Å²) < 4.78 is 0. The summed E-state index contributed by atoms with van der Waals surface area (Å²) in [6.07, 6.45) is 3.81. The fourth-order valence-electron chi connectivity index (χ4n) is 7.23. The van der Waals surface area contributed by atoms with E-state index in [1.807, 2.05) is 18.5 Å². The fraction of sp³-hybridized carbons (Fsp3) is 0. The Balaban J connectivity index is 1.08. The highest BCUT2D eigenvalue weighted by Gasteiger charge is 2.21. The molecule has 0 fully saturated rings. The zero-order valence-corrected chi connectivity index (χ0v) is 24.8. The third-order valence-electron chi connectivity index (χ3n) is 9.46. The van der Waals surface area contributed by atoms with Crippen molar-refractivity contribution in [2.75, 3.05) is 0 Å². The van der Waals surface area contributed by atoms with Crippen molar-refractivity contribution < 1.29 is 0 Å². The van der Waals surface area contributed by atoms with E-state index in [-0.39, 0.29) is 0 Å². The standard InChI is InChI=1S/C43H25N3/c1-2-11-33-32(6-1)24-44-25-38(33)40-21-18-28-15-14-27-17-20-39(45-42(27)43(28)46-40)31-10-3-9-29(22-31)30-16-19-34-35-12-4-7-26-8-5-13-36(41(26)35)37(34)23-30/h1-25H. The largest absolute Gasteiger partial charge is 0.263 e. The highest BCUT2D eigenvalue weighted by molar-refractivity contribution is 6.15. The quantitative estimate of drug-likeness (QED) is 0.194. The third kappa shape index (κ3) is 3.75. The molecule has 3 nitrogen and oxygen atoms in total. The molecule has 1 aliphatic rings. The lowest BCUT2D eigenvalue weighted by Crippen LogP contribution is -1.92. The van der Waals surface area contributed by atoms with Gasteiger partial charge in [-0.05, 0) is 73.8 Å². The maximum Gasteiger partial charge on any atom is 0.0972 e. The molecule has 0 unspecified atom stereocenters. The van der Waals surface area contributed by atoms with Crippen molar-refractivity contribution in [2.24, 2.45) is 0 Å². The molecule has 10 rings (SSSR count). The van der Waals surface area contributed by atoms with Crippen LogP contribution in [0, 0.1) is 0 Å². The lowest BCUT2D eigenvalue weighted by Gasteiger charge is -2.11. The Hall–Kier alpha value is -6.19. The van der Waals surface area contributed by atoms with Crippen molar-refractivity contribution in [1.82, 2.24) is 15.0 Å². The predicted octanol–water partition coefficient (Wildman–Crippen LogP) is 11.1. The maximum absolute atomic E-state index is 5.24. The van der Waals surface area contributed by atoms with E-state index in [4.69, 9.17) is 9.97 Å². The van der Waals surface area contributed by atoms with E-state index in [2.05, 4.69) is 138 Å². The average molecular weight is 584 g/mol. The van der Waals surface area contributed by atoms with Gasteiger partial charge in [0.1, 0.15) is 0 Å². The van der Waals surface area contributed by atoms with Gasteiger partial charge in [0.05, 0.1) is 22.4 Å². The molecule has 0 atom stereocenters. The Morgan fingerprint density at radius 2 is 1.00 bits per heavy atom. The third-order valence-corrected chi connectivity index (χ3v) is 9.46. The SMILES string of the molecule is c1cc(-c2ccc3c(c2)-c2cccc4cccc-3c24)cc(-c2ccc3ccc4ccc(-c5cncc6ccccc56)nc4c3n2)c1. The van der Waals surface area contributed by atoms with E-state index in [9.17, 15) is 0 Å². The molecule has 0 aliphatic heterocycles. The molecule has 0 saturated heterocycles. The van der Waals surface area contributed by atoms with E-state index < -0.39 is 0 Å².